The molecule has 0 unspecified atom stereocenters. The van der Waals surface area contributed by atoms with Gasteiger partial charge >= 0.3 is 0 Å². The molecule has 2 heterocycles. The van der Waals surface area contributed by atoms with Gasteiger partial charge < -0.3 is 14.6 Å². The van der Waals surface area contributed by atoms with E-state index in [-0.39, 0.29) is 30.9 Å². The van der Waals surface area contributed by atoms with Crippen LogP contribution in [0, 0.1) is 13.1 Å². The van der Waals surface area contributed by atoms with Crippen LogP contribution in [-0.4, -0.2) is 28.9 Å². The summed E-state index contributed by atoms with van der Waals surface area (Å²) in [6.45, 7) is 2.10. The lowest BCUT2D eigenvalue weighted by Crippen LogP contribution is -2.55. The average Bonchev–Trinajstić information content (AvgIpc) is 3.20. The van der Waals surface area contributed by atoms with Crippen LogP contribution in [0.5, 0.6) is 5.75 Å². The molecule has 1 amide bonds. The van der Waals surface area contributed by atoms with E-state index in [1.54, 1.807) is 6.33 Å². The minimum Gasteiger partial charge on any atom is -0.493 e. The van der Waals surface area contributed by atoms with Gasteiger partial charge in [-0.2, -0.15) is 0 Å². The number of carbonyl (C=O) groups is 1. The van der Waals surface area contributed by atoms with E-state index in [9.17, 15) is 13.6 Å². The van der Waals surface area contributed by atoms with Crippen LogP contribution >= 0.6 is 45.2 Å². The van der Waals surface area contributed by atoms with Crippen LogP contribution in [0.1, 0.15) is 44.2 Å². The number of nitrogens with zero attached hydrogens (tertiary/aromatic N) is 2. The SMILES string of the molecule is CCCC[C@H]1C(=O)N(c2ccc3[nH]cnc3c2)[C@H]1c1c(I)cc(OCCC(F)F)cc1I. The summed E-state index contributed by atoms with van der Waals surface area (Å²) in [7, 11) is 0. The van der Waals surface area contributed by atoms with Crippen molar-refractivity contribution in [2.45, 2.75) is 45.1 Å². The van der Waals surface area contributed by atoms with Gasteiger partial charge in [-0.25, -0.2) is 13.8 Å². The molecule has 170 valence electrons. The number of nitrogens with one attached hydrogen (secondary N) is 1. The largest absolute Gasteiger partial charge is 0.493 e. The smallest absolute Gasteiger partial charge is 0.241 e. The fraction of sp³-hybridized carbons (Fsp3) is 0.391. The molecule has 4 rings (SSSR count). The van der Waals surface area contributed by atoms with Gasteiger partial charge in [0.05, 0.1) is 35.9 Å². The highest BCUT2D eigenvalue weighted by atomic mass is 127. The number of amides is 1. The fourth-order valence-corrected chi connectivity index (χ4v) is 6.48. The van der Waals surface area contributed by atoms with Crippen LogP contribution in [0.3, 0.4) is 0 Å². The lowest BCUT2D eigenvalue weighted by molar-refractivity contribution is -0.130. The van der Waals surface area contributed by atoms with Gasteiger partial charge in [-0.15, -0.1) is 0 Å². The number of β-lactam (4-membered cyclic amide) rings is 1. The molecule has 1 N–H and O–H groups in total. The third-order valence-corrected chi connectivity index (χ3v) is 7.50. The first kappa shape index (κ1) is 23.7. The number of carbonyl (C=O) groups excluding carboxylic acids is 1. The van der Waals surface area contributed by atoms with Gasteiger partial charge in [-0.3, -0.25) is 4.79 Å². The maximum atomic E-state index is 13.2. The Morgan fingerprint density at radius 2 is 1.97 bits per heavy atom. The molecule has 0 aliphatic carbocycles. The minimum absolute atomic E-state index is 0.0278. The summed E-state index contributed by atoms with van der Waals surface area (Å²) >= 11 is 4.52. The zero-order chi connectivity index (χ0) is 22.8. The zero-order valence-corrected chi connectivity index (χ0v) is 21.8. The highest BCUT2D eigenvalue weighted by molar-refractivity contribution is 14.1. The van der Waals surface area contributed by atoms with E-state index in [2.05, 4.69) is 62.1 Å². The van der Waals surface area contributed by atoms with Gasteiger partial charge in [0, 0.05) is 24.8 Å². The Kier molecular flexibility index (Phi) is 7.53. The number of benzene rings is 2. The van der Waals surface area contributed by atoms with Crippen LogP contribution in [0.2, 0.25) is 0 Å². The van der Waals surface area contributed by atoms with Gasteiger partial charge in [0.1, 0.15) is 5.75 Å². The number of rotatable bonds is 9. The van der Waals surface area contributed by atoms with Crippen molar-refractivity contribution in [3.8, 4) is 5.75 Å². The maximum absolute atomic E-state index is 13.2. The highest BCUT2D eigenvalue weighted by Gasteiger charge is 2.49. The van der Waals surface area contributed by atoms with E-state index >= 15 is 0 Å². The number of aromatic nitrogens is 2. The minimum atomic E-state index is -2.38. The van der Waals surface area contributed by atoms with Crippen molar-refractivity contribution in [2.75, 3.05) is 11.5 Å². The Bertz CT molecular complexity index is 1100. The second-order valence-corrected chi connectivity index (χ2v) is 10.2. The number of H-pyrrole nitrogens is 1. The molecule has 9 heteroatoms. The van der Waals surface area contributed by atoms with E-state index in [0.717, 1.165) is 48.7 Å². The van der Waals surface area contributed by atoms with Crippen molar-refractivity contribution < 1.29 is 18.3 Å². The predicted molar refractivity (Wildman–Crippen MR) is 137 cm³/mol. The summed E-state index contributed by atoms with van der Waals surface area (Å²) in [5.74, 6) is 0.614. The molecule has 0 saturated carbocycles. The second kappa shape index (κ2) is 10.2. The van der Waals surface area contributed by atoms with Crippen LogP contribution in [0.15, 0.2) is 36.7 Å². The Morgan fingerprint density at radius 1 is 1.22 bits per heavy atom. The third kappa shape index (κ3) is 4.73. The van der Waals surface area contributed by atoms with E-state index in [1.165, 1.54) is 0 Å². The monoisotopic (exact) mass is 665 g/mol. The van der Waals surface area contributed by atoms with Crippen molar-refractivity contribution >= 4 is 67.8 Å². The van der Waals surface area contributed by atoms with Gasteiger partial charge in [0.2, 0.25) is 12.3 Å². The number of imidazole rings is 1. The van der Waals surface area contributed by atoms with E-state index in [0.29, 0.717) is 5.75 Å². The summed E-state index contributed by atoms with van der Waals surface area (Å²) in [6.07, 6.45) is 1.82. The summed E-state index contributed by atoms with van der Waals surface area (Å²) in [5, 5.41) is 0. The Morgan fingerprint density at radius 3 is 2.66 bits per heavy atom. The first-order valence-corrected chi connectivity index (χ1v) is 12.7. The van der Waals surface area contributed by atoms with Crippen molar-refractivity contribution in [3.63, 3.8) is 0 Å². The summed E-state index contributed by atoms with van der Waals surface area (Å²) in [5.41, 5.74) is 3.65. The summed E-state index contributed by atoms with van der Waals surface area (Å²) < 4.78 is 32.4. The van der Waals surface area contributed by atoms with Gasteiger partial charge in [-0.05, 0) is 81.9 Å². The van der Waals surface area contributed by atoms with E-state index in [1.807, 2.05) is 35.2 Å². The third-order valence-electron chi connectivity index (χ3n) is 5.72. The topological polar surface area (TPSA) is 58.2 Å². The number of hydrogen-bond donors (Lipinski definition) is 1. The maximum Gasteiger partial charge on any atom is 0.241 e. The van der Waals surface area contributed by atoms with Gasteiger partial charge in [0.25, 0.3) is 0 Å². The summed E-state index contributed by atoms with van der Waals surface area (Å²) in [6, 6.07) is 9.49. The highest BCUT2D eigenvalue weighted by Crippen LogP contribution is 2.49. The Hall–Kier alpha value is -1.50. The lowest BCUT2D eigenvalue weighted by atomic mass is 9.78. The van der Waals surface area contributed by atoms with Gasteiger partial charge in [0.15, 0.2) is 0 Å². The molecule has 0 radical (unpaired) electrons. The Labute approximate surface area is 212 Å². The average molecular weight is 665 g/mol. The molecule has 1 fully saturated rings. The summed E-state index contributed by atoms with van der Waals surface area (Å²) in [4.78, 5) is 22.5. The number of ether oxygens (including phenoxy) is 1. The molecule has 1 aliphatic heterocycles. The van der Waals surface area contributed by atoms with E-state index in [4.69, 9.17) is 4.74 Å². The standard InChI is InChI=1S/C23H23F2I2N3O2/c1-2-3-4-15-22(21-16(26)10-14(11-17(21)27)32-8-7-20(24)25)30(23(15)31)13-5-6-18-19(9-13)29-12-28-18/h5-6,9-12,15,20,22H,2-4,7-8H2,1H3,(H,28,29)/t15-,22-/m1/s1. The molecular formula is C23H23F2I2N3O2. The van der Waals surface area contributed by atoms with Crippen LogP contribution in [0.4, 0.5) is 14.5 Å². The number of anilines is 1. The molecule has 3 aromatic rings. The predicted octanol–water partition coefficient (Wildman–Crippen LogP) is 6.70. The molecule has 5 nitrogen and oxygen atoms in total. The van der Waals surface area contributed by atoms with Crippen molar-refractivity contribution in [1.82, 2.24) is 9.97 Å². The van der Waals surface area contributed by atoms with Gasteiger partial charge in [-0.1, -0.05) is 19.8 Å². The van der Waals surface area contributed by atoms with E-state index < -0.39 is 6.43 Å². The van der Waals surface area contributed by atoms with Crippen molar-refractivity contribution in [2.24, 2.45) is 5.92 Å². The quantitative estimate of drug-likeness (QED) is 0.205. The van der Waals surface area contributed by atoms with Crippen molar-refractivity contribution in [1.29, 1.82) is 0 Å². The number of hydrogen-bond acceptors (Lipinski definition) is 3. The molecule has 0 spiro atoms. The number of halogens is 4. The number of aromatic amines is 1. The number of fused-ring (bicyclic) bond motifs is 1. The first-order chi connectivity index (χ1) is 15.4. The molecule has 2 aromatic carbocycles. The fourth-order valence-electron chi connectivity index (χ4n) is 4.13. The normalized spacial score (nSPS) is 18.4. The van der Waals surface area contributed by atoms with Crippen LogP contribution < -0.4 is 9.64 Å². The van der Waals surface area contributed by atoms with Crippen molar-refractivity contribution in [3.05, 3.63) is 49.4 Å². The molecule has 32 heavy (non-hydrogen) atoms. The van der Waals surface area contributed by atoms with Crippen LogP contribution in [0.25, 0.3) is 11.0 Å². The lowest BCUT2D eigenvalue weighted by Gasteiger charge is -2.48. The molecule has 1 aromatic heterocycles. The molecule has 0 bridgehead atoms. The molecule has 1 saturated heterocycles. The number of alkyl halides is 2. The molecule has 2 atom stereocenters. The zero-order valence-electron chi connectivity index (χ0n) is 17.5. The molecule has 1 aliphatic rings. The first-order valence-electron chi connectivity index (χ1n) is 10.6. The second-order valence-electron chi connectivity index (χ2n) is 7.83. The Balaban J connectivity index is 1.67. The molecular weight excluding hydrogens is 642 g/mol. The van der Waals surface area contributed by atoms with Crippen LogP contribution in [-0.2, 0) is 4.79 Å². The number of unbranched alkanes of at least 4 members (excludes halogenated alkanes) is 1.